The predicted molar refractivity (Wildman–Crippen MR) is 73.5 cm³/mol. The van der Waals surface area contributed by atoms with E-state index in [1.807, 2.05) is 6.07 Å². The summed E-state index contributed by atoms with van der Waals surface area (Å²) in [7, 11) is 0. The molecule has 7 heteroatoms. The molecule has 1 aromatic carbocycles. The number of amides is 1. The first kappa shape index (κ1) is 12.9. The Bertz CT molecular complexity index is 755. The minimum atomic E-state index is -0.630. The van der Waals surface area contributed by atoms with E-state index in [0.717, 1.165) is 6.07 Å². The highest BCUT2D eigenvalue weighted by atomic mass is 19.1. The van der Waals surface area contributed by atoms with Crippen molar-refractivity contribution in [2.45, 2.75) is 0 Å². The lowest BCUT2D eigenvalue weighted by Gasteiger charge is -2.10. The smallest absolute Gasteiger partial charge is 0.257 e. The van der Waals surface area contributed by atoms with E-state index >= 15 is 0 Å². The van der Waals surface area contributed by atoms with Gasteiger partial charge in [-0.05, 0) is 24.3 Å². The Morgan fingerprint density at radius 2 is 2.05 bits per heavy atom. The summed E-state index contributed by atoms with van der Waals surface area (Å²) in [5, 5.41) is 6.78. The lowest BCUT2D eigenvalue weighted by Crippen LogP contribution is -2.14. The molecule has 0 atom stereocenters. The second-order valence-corrected chi connectivity index (χ2v) is 4.18. The van der Waals surface area contributed by atoms with Crippen molar-refractivity contribution in [1.29, 1.82) is 0 Å². The number of carbonyl (C=O) groups is 1. The number of aromatic nitrogens is 4. The molecule has 3 aromatic rings. The minimum absolute atomic E-state index is 0.268. The summed E-state index contributed by atoms with van der Waals surface area (Å²) in [6.07, 6.45) is 4.12. The maximum absolute atomic E-state index is 12.8. The lowest BCUT2D eigenvalue weighted by atomic mass is 10.2. The SMILES string of the molecule is O=C(Nc1ccccc1-n1cncn1)c1ccc(F)nc1. The van der Waals surface area contributed by atoms with Crippen LogP contribution in [0.15, 0.2) is 55.2 Å². The first-order valence-corrected chi connectivity index (χ1v) is 6.11. The van der Waals surface area contributed by atoms with E-state index in [4.69, 9.17) is 0 Å². The molecule has 1 N–H and O–H groups in total. The third-order valence-corrected chi connectivity index (χ3v) is 2.81. The normalized spacial score (nSPS) is 10.3. The summed E-state index contributed by atoms with van der Waals surface area (Å²) in [5.41, 5.74) is 1.51. The summed E-state index contributed by atoms with van der Waals surface area (Å²) in [5.74, 6) is -1.01. The van der Waals surface area contributed by atoms with Crippen molar-refractivity contribution in [3.8, 4) is 5.69 Å². The van der Waals surface area contributed by atoms with Crippen LogP contribution in [0.4, 0.5) is 10.1 Å². The molecule has 0 bridgehead atoms. The first-order valence-electron chi connectivity index (χ1n) is 6.11. The Morgan fingerprint density at radius 1 is 1.19 bits per heavy atom. The monoisotopic (exact) mass is 283 g/mol. The molecule has 0 fully saturated rings. The van der Waals surface area contributed by atoms with Crippen LogP contribution in [0.5, 0.6) is 0 Å². The molecule has 2 heterocycles. The van der Waals surface area contributed by atoms with E-state index in [1.54, 1.807) is 22.9 Å². The van der Waals surface area contributed by atoms with Gasteiger partial charge in [0.1, 0.15) is 12.7 Å². The van der Waals surface area contributed by atoms with Gasteiger partial charge in [0, 0.05) is 6.20 Å². The minimum Gasteiger partial charge on any atom is -0.320 e. The molecular weight excluding hydrogens is 273 g/mol. The van der Waals surface area contributed by atoms with Gasteiger partial charge in [-0.3, -0.25) is 4.79 Å². The number of nitrogens with one attached hydrogen (secondary N) is 1. The topological polar surface area (TPSA) is 72.7 Å². The number of benzene rings is 1. The quantitative estimate of drug-likeness (QED) is 0.747. The molecule has 0 spiro atoms. The molecule has 2 aromatic heterocycles. The fraction of sp³-hybridized carbons (Fsp3) is 0. The van der Waals surface area contributed by atoms with Gasteiger partial charge < -0.3 is 5.32 Å². The number of carbonyl (C=O) groups excluding carboxylic acids is 1. The van der Waals surface area contributed by atoms with Crippen molar-refractivity contribution in [2.24, 2.45) is 0 Å². The lowest BCUT2D eigenvalue weighted by molar-refractivity contribution is 0.102. The van der Waals surface area contributed by atoms with E-state index in [-0.39, 0.29) is 11.5 Å². The molecule has 6 nitrogen and oxygen atoms in total. The van der Waals surface area contributed by atoms with Gasteiger partial charge >= 0.3 is 0 Å². The highest BCUT2D eigenvalue weighted by Gasteiger charge is 2.10. The number of nitrogens with zero attached hydrogens (tertiary/aromatic N) is 4. The van der Waals surface area contributed by atoms with Crippen molar-refractivity contribution in [3.05, 3.63) is 66.8 Å². The van der Waals surface area contributed by atoms with E-state index in [2.05, 4.69) is 20.4 Å². The Labute approximate surface area is 119 Å². The largest absolute Gasteiger partial charge is 0.320 e. The molecule has 0 aliphatic rings. The maximum Gasteiger partial charge on any atom is 0.257 e. The van der Waals surface area contributed by atoms with Gasteiger partial charge in [-0.2, -0.15) is 9.49 Å². The zero-order valence-electron chi connectivity index (χ0n) is 10.8. The number of pyridine rings is 1. The third-order valence-electron chi connectivity index (χ3n) is 2.81. The van der Waals surface area contributed by atoms with Crippen LogP contribution in [0.25, 0.3) is 5.69 Å². The summed E-state index contributed by atoms with van der Waals surface area (Å²) in [4.78, 5) is 19.5. The molecule has 0 saturated carbocycles. The first-order chi connectivity index (χ1) is 10.2. The summed E-state index contributed by atoms with van der Waals surface area (Å²) >= 11 is 0. The third kappa shape index (κ3) is 2.76. The van der Waals surface area contributed by atoms with Crippen LogP contribution in [0, 0.1) is 5.95 Å². The molecular formula is C14H10FN5O. The zero-order chi connectivity index (χ0) is 14.7. The van der Waals surface area contributed by atoms with Crippen LogP contribution >= 0.6 is 0 Å². The molecule has 104 valence electrons. The predicted octanol–water partition coefficient (Wildman–Crippen LogP) is 2.05. The van der Waals surface area contributed by atoms with Gasteiger partial charge in [-0.15, -0.1) is 0 Å². The number of hydrogen-bond acceptors (Lipinski definition) is 4. The zero-order valence-corrected chi connectivity index (χ0v) is 10.8. The van der Waals surface area contributed by atoms with Gasteiger partial charge in [0.15, 0.2) is 0 Å². The van der Waals surface area contributed by atoms with Gasteiger partial charge in [-0.25, -0.2) is 14.6 Å². The fourth-order valence-corrected chi connectivity index (χ4v) is 1.82. The maximum atomic E-state index is 12.8. The summed E-state index contributed by atoms with van der Waals surface area (Å²) < 4.78 is 14.3. The van der Waals surface area contributed by atoms with Crippen molar-refractivity contribution in [1.82, 2.24) is 19.7 Å². The Kier molecular flexibility index (Phi) is 3.38. The number of hydrogen-bond donors (Lipinski definition) is 1. The van der Waals surface area contributed by atoms with Crippen LogP contribution in [-0.4, -0.2) is 25.7 Å². The van der Waals surface area contributed by atoms with Gasteiger partial charge in [0.2, 0.25) is 5.95 Å². The van der Waals surface area contributed by atoms with Crippen molar-refractivity contribution in [3.63, 3.8) is 0 Å². The van der Waals surface area contributed by atoms with E-state index < -0.39 is 5.95 Å². The molecule has 3 rings (SSSR count). The van der Waals surface area contributed by atoms with Gasteiger partial charge in [0.25, 0.3) is 5.91 Å². The molecule has 1 amide bonds. The second kappa shape index (κ2) is 5.49. The number of halogens is 1. The van der Waals surface area contributed by atoms with Crippen LogP contribution in [0.2, 0.25) is 0 Å². The van der Waals surface area contributed by atoms with Crippen molar-refractivity contribution < 1.29 is 9.18 Å². The highest BCUT2D eigenvalue weighted by molar-refractivity contribution is 6.05. The molecule has 21 heavy (non-hydrogen) atoms. The molecule has 0 aliphatic carbocycles. The highest BCUT2D eigenvalue weighted by Crippen LogP contribution is 2.19. The summed E-state index contributed by atoms with van der Waals surface area (Å²) in [6, 6.07) is 9.66. The Hall–Kier alpha value is -3.09. The number of rotatable bonds is 3. The van der Waals surface area contributed by atoms with Crippen LogP contribution in [0.3, 0.4) is 0 Å². The molecule has 0 aliphatic heterocycles. The average Bonchev–Trinajstić information content (AvgIpc) is 3.02. The summed E-state index contributed by atoms with van der Waals surface area (Å²) in [6.45, 7) is 0. The standard InChI is InChI=1S/C14H10FN5O/c15-13-6-5-10(7-17-13)14(21)19-11-3-1-2-4-12(11)20-9-16-8-18-20/h1-9H,(H,19,21). The van der Waals surface area contributed by atoms with Crippen LogP contribution in [0.1, 0.15) is 10.4 Å². The Morgan fingerprint density at radius 3 is 2.76 bits per heavy atom. The van der Waals surface area contributed by atoms with E-state index in [0.29, 0.717) is 11.4 Å². The van der Waals surface area contributed by atoms with Crippen LogP contribution < -0.4 is 5.32 Å². The molecule has 0 saturated heterocycles. The van der Waals surface area contributed by atoms with Gasteiger partial charge in [0.05, 0.1) is 16.9 Å². The average molecular weight is 283 g/mol. The second-order valence-electron chi connectivity index (χ2n) is 4.18. The van der Waals surface area contributed by atoms with Crippen LogP contribution in [-0.2, 0) is 0 Å². The molecule has 0 unspecified atom stereocenters. The fourth-order valence-electron chi connectivity index (χ4n) is 1.82. The molecule has 0 radical (unpaired) electrons. The Balaban J connectivity index is 1.88. The van der Waals surface area contributed by atoms with Crippen molar-refractivity contribution in [2.75, 3.05) is 5.32 Å². The number of anilines is 1. The van der Waals surface area contributed by atoms with E-state index in [1.165, 1.54) is 24.9 Å². The van der Waals surface area contributed by atoms with E-state index in [9.17, 15) is 9.18 Å². The number of para-hydroxylation sites is 2. The van der Waals surface area contributed by atoms with Gasteiger partial charge in [-0.1, -0.05) is 12.1 Å². The van der Waals surface area contributed by atoms with Crippen molar-refractivity contribution >= 4 is 11.6 Å².